The number of nitrogens with zero attached hydrogens (tertiary/aromatic N) is 1. The van der Waals surface area contributed by atoms with Crippen molar-refractivity contribution in [2.75, 3.05) is 0 Å². The van der Waals surface area contributed by atoms with Crippen LogP contribution >= 0.6 is 0 Å². The minimum Gasteiger partial charge on any atom is -0.481 e. The van der Waals surface area contributed by atoms with E-state index in [4.69, 9.17) is 0 Å². The predicted molar refractivity (Wildman–Crippen MR) is 63.3 cm³/mol. The number of rotatable bonds is 5. The van der Waals surface area contributed by atoms with Gasteiger partial charge in [0.2, 0.25) is 0 Å². The lowest BCUT2D eigenvalue weighted by Crippen LogP contribution is -2.32. The Hall–Kier alpha value is -1.38. The summed E-state index contributed by atoms with van der Waals surface area (Å²) in [5.41, 5.74) is 1.29. The van der Waals surface area contributed by atoms with Crippen LogP contribution in [-0.2, 0) is 11.2 Å². The molecular formula is C13H19NO2. The Bertz CT molecular complexity index is 370. The standard InChI is InChI=1S/C13H19NO2/c1-4-13(5-2,12(15)16)9-11-10(3)7-6-8-14-11/h6-8H,4-5,9H2,1-3H3,(H,15,16). The third kappa shape index (κ3) is 2.40. The molecule has 1 rings (SSSR count). The Morgan fingerprint density at radius 1 is 1.44 bits per heavy atom. The number of carboxylic acid groups (broad SMARTS) is 1. The third-order valence-corrected chi connectivity index (χ3v) is 3.43. The van der Waals surface area contributed by atoms with Gasteiger partial charge in [0.25, 0.3) is 0 Å². The lowest BCUT2D eigenvalue weighted by atomic mass is 9.77. The van der Waals surface area contributed by atoms with Gasteiger partial charge in [-0.1, -0.05) is 19.9 Å². The molecular weight excluding hydrogens is 202 g/mol. The topological polar surface area (TPSA) is 50.2 Å². The molecule has 0 aromatic carbocycles. The van der Waals surface area contributed by atoms with E-state index in [9.17, 15) is 9.90 Å². The van der Waals surface area contributed by atoms with Crippen molar-refractivity contribution in [1.29, 1.82) is 0 Å². The molecule has 88 valence electrons. The molecule has 3 heteroatoms. The molecule has 0 aliphatic heterocycles. The second-order valence-corrected chi connectivity index (χ2v) is 4.24. The van der Waals surface area contributed by atoms with E-state index in [0.29, 0.717) is 19.3 Å². The fourth-order valence-electron chi connectivity index (χ4n) is 1.90. The van der Waals surface area contributed by atoms with Gasteiger partial charge in [0.15, 0.2) is 0 Å². The van der Waals surface area contributed by atoms with Crippen molar-refractivity contribution in [3.63, 3.8) is 0 Å². The fraction of sp³-hybridized carbons (Fsp3) is 0.538. The highest BCUT2D eigenvalue weighted by Crippen LogP contribution is 2.31. The van der Waals surface area contributed by atoms with Gasteiger partial charge in [-0.3, -0.25) is 9.78 Å². The first-order valence-corrected chi connectivity index (χ1v) is 5.69. The fourth-order valence-corrected chi connectivity index (χ4v) is 1.90. The van der Waals surface area contributed by atoms with Gasteiger partial charge in [-0.15, -0.1) is 0 Å². The van der Waals surface area contributed by atoms with Gasteiger partial charge < -0.3 is 5.11 Å². The van der Waals surface area contributed by atoms with E-state index in [1.165, 1.54) is 0 Å². The predicted octanol–water partition coefficient (Wildman–Crippen LogP) is 2.82. The van der Waals surface area contributed by atoms with Gasteiger partial charge in [0.05, 0.1) is 5.41 Å². The normalized spacial score (nSPS) is 11.4. The van der Waals surface area contributed by atoms with Gasteiger partial charge in [-0.2, -0.15) is 0 Å². The highest BCUT2D eigenvalue weighted by molar-refractivity contribution is 5.74. The summed E-state index contributed by atoms with van der Waals surface area (Å²) in [7, 11) is 0. The van der Waals surface area contributed by atoms with Crippen LogP contribution in [0, 0.1) is 12.3 Å². The molecule has 3 nitrogen and oxygen atoms in total. The Morgan fingerprint density at radius 3 is 2.50 bits per heavy atom. The first-order chi connectivity index (χ1) is 7.55. The number of hydrogen-bond donors (Lipinski definition) is 1. The molecule has 1 N–H and O–H groups in total. The van der Waals surface area contributed by atoms with Crippen LogP contribution in [0.2, 0.25) is 0 Å². The average Bonchev–Trinajstić information content (AvgIpc) is 2.28. The molecule has 0 bridgehead atoms. The van der Waals surface area contributed by atoms with Gasteiger partial charge in [0.1, 0.15) is 0 Å². The molecule has 0 aliphatic carbocycles. The van der Waals surface area contributed by atoms with Crippen molar-refractivity contribution >= 4 is 5.97 Å². The molecule has 0 unspecified atom stereocenters. The van der Waals surface area contributed by atoms with E-state index in [2.05, 4.69) is 4.98 Å². The molecule has 0 fully saturated rings. The molecule has 0 radical (unpaired) electrons. The summed E-state index contributed by atoms with van der Waals surface area (Å²) in [5, 5.41) is 9.35. The maximum atomic E-state index is 11.4. The molecule has 0 atom stereocenters. The van der Waals surface area contributed by atoms with Gasteiger partial charge in [-0.25, -0.2) is 0 Å². The van der Waals surface area contributed by atoms with Crippen LogP contribution < -0.4 is 0 Å². The number of aliphatic carboxylic acids is 1. The first-order valence-electron chi connectivity index (χ1n) is 5.69. The van der Waals surface area contributed by atoms with Crippen molar-refractivity contribution in [1.82, 2.24) is 4.98 Å². The van der Waals surface area contributed by atoms with E-state index in [0.717, 1.165) is 11.3 Å². The quantitative estimate of drug-likeness (QED) is 0.831. The number of aryl methyl sites for hydroxylation is 1. The second kappa shape index (κ2) is 5.10. The lowest BCUT2D eigenvalue weighted by molar-refractivity contribution is -0.149. The zero-order chi connectivity index (χ0) is 12.2. The maximum absolute atomic E-state index is 11.4. The summed E-state index contributed by atoms with van der Waals surface area (Å²) in [4.78, 5) is 15.6. The van der Waals surface area contributed by atoms with Crippen LogP contribution in [0.3, 0.4) is 0 Å². The molecule has 0 saturated carbocycles. The van der Waals surface area contributed by atoms with Crippen LogP contribution in [0.1, 0.15) is 37.9 Å². The number of pyridine rings is 1. The Balaban J connectivity index is 3.01. The zero-order valence-electron chi connectivity index (χ0n) is 10.2. The summed E-state index contributed by atoms with van der Waals surface area (Å²) < 4.78 is 0. The summed E-state index contributed by atoms with van der Waals surface area (Å²) in [6.45, 7) is 5.83. The largest absolute Gasteiger partial charge is 0.481 e. The minimum atomic E-state index is -0.720. The zero-order valence-corrected chi connectivity index (χ0v) is 10.2. The Labute approximate surface area is 96.5 Å². The van der Waals surface area contributed by atoms with Gasteiger partial charge in [-0.05, 0) is 31.4 Å². The summed E-state index contributed by atoms with van der Waals surface area (Å²) in [5.74, 6) is -0.720. The second-order valence-electron chi connectivity index (χ2n) is 4.24. The molecule has 0 aliphatic rings. The van der Waals surface area contributed by atoms with E-state index in [-0.39, 0.29) is 0 Å². The van der Waals surface area contributed by atoms with Crippen LogP contribution in [0.5, 0.6) is 0 Å². The molecule has 1 heterocycles. The van der Waals surface area contributed by atoms with E-state index in [1.807, 2.05) is 32.9 Å². The van der Waals surface area contributed by atoms with E-state index < -0.39 is 11.4 Å². The number of hydrogen-bond acceptors (Lipinski definition) is 2. The number of aromatic nitrogens is 1. The van der Waals surface area contributed by atoms with E-state index in [1.54, 1.807) is 6.20 Å². The van der Waals surface area contributed by atoms with Gasteiger partial charge >= 0.3 is 5.97 Å². The molecule has 0 saturated heterocycles. The SMILES string of the molecule is CCC(CC)(Cc1ncccc1C)C(=O)O. The van der Waals surface area contributed by atoms with Gasteiger partial charge in [0, 0.05) is 18.3 Å². The monoisotopic (exact) mass is 221 g/mol. The van der Waals surface area contributed by atoms with E-state index >= 15 is 0 Å². The minimum absolute atomic E-state index is 0.516. The van der Waals surface area contributed by atoms with Crippen molar-refractivity contribution in [3.05, 3.63) is 29.6 Å². The summed E-state index contributed by atoms with van der Waals surface area (Å²) in [6.07, 6.45) is 3.51. The van der Waals surface area contributed by atoms with Crippen molar-refractivity contribution in [2.24, 2.45) is 5.41 Å². The summed E-state index contributed by atoms with van der Waals surface area (Å²) in [6, 6.07) is 3.85. The highest BCUT2D eigenvalue weighted by atomic mass is 16.4. The molecule has 1 aromatic heterocycles. The Morgan fingerprint density at radius 2 is 2.06 bits per heavy atom. The maximum Gasteiger partial charge on any atom is 0.310 e. The first kappa shape index (κ1) is 12.7. The summed E-state index contributed by atoms with van der Waals surface area (Å²) >= 11 is 0. The van der Waals surface area contributed by atoms with Crippen molar-refractivity contribution < 1.29 is 9.90 Å². The van der Waals surface area contributed by atoms with Crippen LogP contribution in [0.25, 0.3) is 0 Å². The molecule has 1 aromatic rings. The number of carbonyl (C=O) groups is 1. The number of carboxylic acids is 1. The third-order valence-electron chi connectivity index (χ3n) is 3.43. The lowest BCUT2D eigenvalue weighted by Gasteiger charge is -2.26. The van der Waals surface area contributed by atoms with Crippen LogP contribution in [0.4, 0.5) is 0 Å². The molecule has 16 heavy (non-hydrogen) atoms. The Kier molecular flexibility index (Phi) is 4.05. The van der Waals surface area contributed by atoms with Crippen LogP contribution in [0.15, 0.2) is 18.3 Å². The molecule has 0 amide bonds. The highest BCUT2D eigenvalue weighted by Gasteiger charge is 2.35. The van der Waals surface area contributed by atoms with Crippen molar-refractivity contribution in [2.45, 2.75) is 40.0 Å². The van der Waals surface area contributed by atoms with Crippen molar-refractivity contribution in [3.8, 4) is 0 Å². The average molecular weight is 221 g/mol. The molecule has 0 spiro atoms. The van der Waals surface area contributed by atoms with Crippen LogP contribution in [-0.4, -0.2) is 16.1 Å². The smallest absolute Gasteiger partial charge is 0.310 e.